The van der Waals surface area contributed by atoms with Crippen LogP contribution in [0.2, 0.25) is 0 Å². The predicted molar refractivity (Wildman–Crippen MR) is 87.6 cm³/mol. The molecule has 2 rings (SSSR count). The summed E-state index contributed by atoms with van der Waals surface area (Å²) in [4.78, 5) is 21.4. The average molecular weight is 325 g/mol. The lowest BCUT2D eigenvalue weighted by Crippen LogP contribution is -2.48. The number of carbonyl (C=O) groups excluding carboxylic acids is 1. The summed E-state index contributed by atoms with van der Waals surface area (Å²) in [6.45, 7) is 3.88. The van der Waals surface area contributed by atoms with Crippen molar-refractivity contribution in [1.82, 2.24) is 15.6 Å². The first kappa shape index (κ1) is 16.7. The Morgan fingerprint density at radius 3 is 2.86 bits per heavy atom. The lowest BCUT2D eigenvalue weighted by Gasteiger charge is -2.28. The first-order valence-corrected chi connectivity index (χ1v) is 8.18. The van der Waals surface area contributed by atoms with Crippen molar-refractivity contribution < 1.29 is 9.53 Å². The minimum Gasteiger partial charge on any atom is -0.381 e. The second-order valence-electron chi connectivity index (χ2n) is 5.45. The highest BCUT2D eigenvalue weighted by Crippen LogP contribution is 2.23. The zero-order valence-electron chi connectivity index (χ0n) is 13.2. The molecule has 0 spiro atoms. The van der Waals surface area contributed by atoms with E-state index in [1.807, 2.05) is 13.8 Å². The molecule has 0 radical (unpaired) electrons. The summed E-state index contributed by atoms with van der Waals surface area (Å²) in [6, 6.07) is -0.233. The normalized spacial score (nSPS) is 22.4. The molecule has 8 heteroatoms. The number of amides is 2. The van der Waals surface area contributed by atoms with Crippen LogP contribution in [0, 0.1) is 13.8 Å². The van der Waals surface area contributed by atoms with Gasteiger partial charge in [0.05, 0.1) is 11.8 Å². The Kier molecular flexibility index (Phi) is 5.73. The Hall–Kier alpha value is -1.67. The fraction of sp³-hybridized carbons (Fsp3) is 0.643. The molecule has 2 unspecified atom stereocenters. The van der Waals surface area contributed by atoms with Crippen LogP contribution in [0.4, 0.5) is 9.93 Å². The van der Waals surface area contributed by atoms with Gasteiger partial charge in [0.1, 0.15) is 0 Å². The molecule has 1 aromatic heterocycles. The Labute approximate surface area is 134 Å². The smallest absolute Gasteiger partial charge is 0.321 e. The molecule has 7 nitrogen and oxygen atoms in total. The topological polar surface area (TPSA) is 102 Å². The molecule has 0 saturated heterocycles. The third-order valence-electron chi connectivity index (χ3n) is 3.77. The highest BCUT2D eigenvalue weighted by Gasteiger charge is 2.23. The monoisotopic (exact) mass is 325 g/mol. The van der Waals surface area contributed by atoms with Crippen molar-refractivity contribution >= 4 is 28.5 Å². The number of hydrogen-bond donors (Lipinski definition) is 3. The van der Waals surface area contributed by atoms with Gasteiger partial charge in [0.2, 0.25) is 11.1 Å². The molecular weight excluding hydrogens is 302 g/mol. The lowest BCUT2D eigenvalue weighted by atomic mass is 9.93. The number of aromatic nitrogens is 1. The molecule has 1 aromatic rings. The highest BCUT2D eigenvalue weighted by atomic mass is 32.1. The van der Waals surface area contributed by atoms with E-state index in [-0.39, 0.29) is 24.1 Å². The summed E-state index contributed by atoms with van der Waals surface area (Å²) in [5.74, 6) is 0.0466. The minimum absolute atomic E-state index is 0.0466. The number of nitrogens with zero attached hydrogens (tertiary/aromatic N) is 2. The van der Waals surface area contributed by atoms with Gasteiger partial charge in [0.25, 0.3) is 0 Å². The third-order valence-corrected chi connectivity index (χ3v) is 4.74. The maximum atomic E-state index is 11.9. The Balaban J connectivity index is 1.85. The number of carbonyl (C=O) groups is 1. The number of hydrogen-bond acceptors (Lipinski definition) is 5. The zero-order valence-corrected chi connectivity index (χ0v) is 14.0. The maximum Gasteiger partial charge on any atom is 0.321 e. The number of aryl methyl sites for hydroxylation is 2. The van der Waals surface area contributed by atoms with Gasteiger partial charge in [-0.05, 0) is 39.5 Å². The van der Waals surface area contributed by atoms with E-state index in [9.17, 15) is 4.79 Å². The first-order chi connectivity index (χ1) is 10.5. The fourth-order valence-corrected chi connectivity index (χ4v) is 3.26. The van der Waals surface area contributed by atoms with Crippen molar-refractivity contribution in [2.45, 2.75) is 51.7 Å². The van der Waals surface area contributed by atoms with Crippen molar-refractivity contribution in [1.29, 1.82) is 0 Å². The largest absolute Gasteiger partial charge is 0.381 e. The number of urea groups is 1. The van der Waals surface area contributed by atoms with Crippen LogP contribution < -0.4 is 16.4 Å². The second-order valence-corrected chi connectivity index (χ2v) is 6.64. The molecule has 0 aliphatic heterocycles. The van der Waals surface area contributed by atoms with E-state index in [0.29, 0.717) is 5.13 Å². The zero-order chi connectivity index (χ0) is 16.1. The number of rotatable bonds is 3. The maximum absolute atomic E-state index is 11.9. The van der Waals surface area contributed by atoms with Gasteiger partial charge in [-0.3, -0.25) is 5.32 Å². The van der Waals surface area contributed by atoms with Crippen LogP contribution in [0.3, 0.4) is 0 Å². The van der Waals surface area contributed by atoms with Gasteiger partial charge in [-0.2, -0.15) is 4.99 Å². The summed E-state index contributed by atoms with van der Waals surface area (Å²) < 4.78 is 5.35. The fourth-order valence-electron chi connectivity index (χ4n) is 2.46. The van der Waals surface area contributed by atoms with Crippen LogP contribution in [-0.4, -0.2) is 36.2 Å². The molecule has 0 aromatic carbocycles. The highest BCUT2D eigenvalue weighted by molar-refractivity contribution is 7.15. The number of methoxy groups -OCH3 is 1. The average Bonchev–Trinajstić information content (AvgIpc) is 2.76. The van der Waals surface area contributed by atoms with Gasteiger partial charge in [-0.1, -0.05) is 11.3 Å². The second kappa shape index (κ2) is 7.55. The molecule has 1 aliphatic rings. The van der Waals surface area contributed by atoms with E-state index in [0.717, 1.165) is 36.3 Å². The van der Waals surface area contributed by atoms with Crippen molar-refractivity contribution in [3.63, 3.8) is 0 Å². The van der Waals surface area contributed by atoms with Gasteiger partial charge < -0.3 is 15.8 Å². The molecule has 4 N–H and O–H groups in total. The lowest BCUT2D eigenvalue weighted by molar-refractivity contribution is 0.0605. The van der Waals surface area contributed by atoms with E-state index >= 15 is 0 Å². The molecule has 122 valence electrons. The summed E-state index contributed by atoms with van der Waals surface area (Å²) >= 11 is 1.44. The Morgan fingerprint density at radius 2 is 2.23 bits per heavy atom. The van der Waals surface area contributed by atoms with E-state index in [4.69, 9.17) is 10.5 Å². The van der Waals surface area contributed by atoms with Crippen molar-refractivity contribution in [2.24, 2.45) is 10.7 Å². The minimum atomic E-state index is -0.340. The molecule has 0 bridgehead atoms. The summed E-state index contributed by atoms with van der Waals surface area (Å²) in [7, 11) is 1.70. The SMILES string of the molecule is COC1CCCC(NC(=O)NC(N)=Nc2nc(C)c(C)s2)C1. The number of nitrogens with one attached hydrogen (secondary N) is 2. The van der Waals surface area contributed by atoms with Crippen LogP contribution in [0.25, 0.3) is 0 Å². The molecule has 2 atom stereocenters. The van der Waals surface area contributed by atoms with Crippen molar-refractivity contribution in [3.05, 3.63) is 10.6 Å². The summed E-state index contributed by atoms with van der Waals surface area (Å²) in [5, 5.41) is 6.00. The molecule has 1 heterocycles. The summed E-state index contributed by atoms with van der Waals surface area (Å²) in [5.41, 5.74) is 6.67. The quantitative estimate of drug-likeness (QED) is 0.584. The van der Waals surface area contributed by atoms with Crippen molar-refractivity contribution in [3.8, 4) is 0 Å². The van der Waals surface area contributed by atoms with Gasteiger partial charge in [-0.25, -0.2) is 9.78 Å². The summed E-state index contributed by atoms with van der Waals surface area (Å²) in [6.07, 6.45) is 4.08. The number of nitrogens with two attached hydrogens (primary N) is 1. The molecule has 1 fully saturated rings. The van der Waals surface area contributed by atoms with E-state index < -0.39 is 0 Å². The first-order valence-electron chi connectivity index (χ1n) is 7.36. The van der Waals surface area contributed by atoms with Crippen LogP contribution in [0.5, 0.6) is 0 Å². The van der Waals surface area contributed by atoms with Gasteiger partial charge in [0, 0.05) is 18.0 Å². The van der Waals surface area contributed by atoms with Crippen molar-refractivity contribution in [2.75, 3.05) is 7.11 Å². The van der Waals surface area contributed by atoms with Crippen LogP contribution in [-0.2, 0) is 4.74 Å². The molecular formula is C14H23N5O2S. The number of thiazole rings is 1. The van der Waals surface area contributed by atoms with Gasteiger partial charge >= 0.3 is 6.03 Å². The molecule has 22 heavy (non-hydrogen) atoms. The van der Waals surface area contributed by atoms with Crippen LogP contribution in [0.15, 0.2) is 4.99 Å². The van der Waals surface area contributed by atoms with Crippen LogP contribution in [0.1, 0.15) is 36.3 Å². The molecule has 1 aliphatic carbocycles. The number of aliphatic imine (C=N–C) groups is 1. The Morgan fingerprint density at radius 1 is 1.45 bits per heavy atom. The van der Waals surface area contributed by atoms with E-state index in [2.05, 4.69) is 20.6 Å². The Bertz CT molecular complexity index is 538. The number of ether oxygens (including phenoxy) is 1. The van der Waals surface area contributed by atoms with E-state index in [1.54, 1.807) is 7.11 Å². The number of guanidine groups is 1. The third kappa shape index (κ3) is 4.67. The van der Waals surface area contributed by atoms with Gasteiger partial charge in [-0.15, -0.1) is 0 Å². The predicted octanol–water partition coefficient (Wildman–Crippen LogP) is 1.96. The van der Waals surface area contributed by atoms with Crippen LogP contribution >= 0.6 is 11.3 Å². The van der Waals surface area contributed by atoms with Gasteiger partial charge in [0.15, 0.2) is 0 Å². The standard InChI is InChI=1S/C14H23N5O2S/c1-8-9(2)22-14(16-8)19-12(15)18-13(20)17-10-5-4-6-11(7-10)21-3/h10-11H,4-7H2,1-3H3,(H4,15,16,17,18,19,20). The molecule has 2 amide bonds. The van der Waals surface area contributed by atoms with E-state index in [1.165, 1.54) is 11.3 Å². The molecule has 1 saturated carbocycles.